The van der Waals surface area contributed by atoms with Gasteiger partial charge in [0.05, 0.1) is 0 Å². The third kappa shape index (κ3) is 5.14. The lowest BCUT2D eigenvalue weighted by atomic mass is 9.89. The van der Waals surface area contributed by atoms with Crippen LogP contribution in [0.15, 0.2) is 47.0 Å². The summed E-state index contributed by atoms with van der Waals surface area (Å²) >= 11 is 0. The second-order valence-corrected chi connectivity index (χ2v) is 7.82. The van der Waals surface area contributed by atoms with Crippen LogP contribution in [0.1, 0.15) is 32.1 Å². The molecule has 3 aromatic rings. The van der Waals surface area contributed by atoms with Crippen molar-refractivity contribution in [2.24, 2.45) is 5.92 Å². The fourth-order valence-electron chi connectivity index (χ4n) is 3.93. The summed E-state index contributed by atoms with van der Waals surface area (Å²) < 4.78 is 24.2. The molecule has 0 saturated heterocycles. The minimum absolute atomic E-state index is 0.239. The summed E-state index contributed by atoms with van der Waals surface area (Å²) in [5.41, 5.74) is 1.94. The first-order valence-electron chi connectivity index (χ1n) is 10.4. The third-order valence-corrected chi connectivity index (χ3v) is 5.54. The van der Waals surface area contributed by atoms with E-state index in [1.54, 1.807) is 6.07 Å². The average molecular weight is 398 g/mol. The van der Waals surface area contributed by atoms with E-state index in [0.717, 1.165) is 23.4 Å². The molecular formula is C23H27FN2O3. The summed E-state index contributed by atoms with van der Waals surface area (Å²) in [6.45, 7) is 1.75. The van der Waals surface area contributed by atoms with Gasteiger partial charge in [-0.25, -0.2) is 4.39 Å². The smallest absolute Gasteiger partial charge is 0.170 e. The SMILES string of the molecule is O[C@H](CNCC1CCCCC1)COc1ccc(-c2noc3cc(F)ccc23)cc1. The molecule has 0 amide bonds. The fourth-order valence-corrected chi connectivity index (χ4v) is 3.93. The summed E-state index contributed by atoms with van der Waals surface area (Å²) in [5.74, 6) is 1.07. The van der Waals surface area contributed by atoms with Gasteiger partial charge in [0.1, 0.15) is 30.0 Å². The number of aliphatic hydroxyl groups excluding tert-OH is 1. The molecule has 1 saturated carbocycles. The number of hydrogen-bond donors (Lipinski definition) is 2. The molecule has 0 aliphatic heterocycles. The normalized spacial score (nSPS) is 16.2. The maximum absolute atomic E-state index is 13.3. The molecule has 29 heavy (non-hydrogen) atoms. The van der Waals surface area contributed by atoms with Gasteiger partial charge in [-0.3, -0.25) is 0 Å². The standard InChI is InChI=1S/C23H27FN2O3/c24-18-8-11-21-22(12-18)29-26-23(21)17-6-9-20(10-7-17)28-15-19(27)14-25-13-16-4-2-1-3-5-16/h6-12,16,19,25,27H,1-5,13-15H2/t19-/m1/s1. The Balaban J connectivity index is 1.26. The number of halogens is 1. The van der Waals surface area contributed by atoms with Crippen molar-refractivity contribution in [2.45, 2.75) is 38.2 Å². The number of nitrogens with one attached hydrogen (secondary N) is 1. The first kappa shape index (κ1) is 19.9. The van der Waals surface area contributed by atoms with Gasteiger partial charge < -0.3 is 19.7 Å². The Labute approximate surface area is 169 Å². The molecule has 1 atom stereocenters. The summed E-state index contributed by atoms with van der Waals surface area (Å²) in [5, 5.41) is 18.3. The van der Waals surface area contributed by atoms with E-state index < -0.39 is 6.10 Å². The lowest BCUT2D eigenvalue weighted by Gasteiger charge is -2.22. The van der Waals surface area contributed by atoms with Crippen molar-refractivity contribution < 1.29 is 18.8 Å². The van der Waals surface area contributed by atoms with E-state index in [1.807, 2.05) is 24.3 Å². The Morgan fingerprint density at radius 1 is 1.14 bits per heavy atom. The lowest BCUT2D eigenvalue weighted by molar-refractivity contribution is 0.105. The Bertz CT molecular complexity index is 920. The molecule has 1 fully saturated rings. The molecule has 154 valence electrons. The monoisotopic (exact) mass is 398 g/mol. The van der Waals surface area contributed by atoms with Gasteiger partial charge in [0, 0.05) is 23.6 Å². The van der Waals surface area contributed by atoms with Crippen LogP contribution in [0.5, 0.6) is 5.75 Å². The molecule has 1 aromatic heterocycles. The molecule has 1 aliphatic carbocycles. The molecule has 6 heteroatoms. The van der Waals surface area contributed by atoms with Gasteiger partial charge in [0.25, 0.3) is 0 Å². The molecule has 4 rings (SSSR count). The highest BCUT2D eigenvalue weighted by atomic mass is 19.1. The summed E-state index contributed by atoms with van der Waals surface area (Å²) in [7, 11) is 0. The first-order valence-corrected chi connectivity index (χ1v) is 10.4. The van der Waals surface area contributed by atoms with E-state index in [-0.39, 0.29) is 12.4 Å². The van der Waals surface area contributed by atoms with Gasteiger partial charge in [-0.2, -0.15) is 0 Å². The van der Waals surface area contributed by atoms with Crippen LogP contribution < -0.4 is 10.1 Å². The number of rotatable bonds is 8. The zero-order valence-electron chi connectivity index (χ0n) is 16.4. The molecule has 5 nitrogen and oxygen atoms in total. The molecule has 1 heterocycles. The van der Waals surface area contributed by atoms with Crippen LogP contribution in [0.4, 0.5) is 4.39 Å². The van der Waals surface area contributed by atoms with Crippen LogP contribution >= 0.6 is 0 Å². The molecule has 1 aliphatic rings. The van der Waals surface area contributed by atoms with Gasteiger partial charge in [-0.1, -0.05) is 24.4 Å². The molecule has 2 aromatic carbocycles. The molecular weight excluding hydrogens is 371 g/mol. The van der Waals surface area contributed by atoms with Crippen LogP contribution in [0, 0.1) is 11.7 Å². The highest BCUT2D eigenvalue weighted by Crippen LogP contribution is 2.29. The van der Waals surface area contributed by atoms with E-state index >= 15 is 0 Å². The number of aromatic nitrogens is 1. The van der Waals surface area contributed by atoms with Gasteiger partial charge >= 0.3 is 0 Å². The van der Waals surface area contributed by atoms with Crippen LogP contribution in [0.3, 0.4) is 0 Å². The van der Waals surface area contributed by atoms with E-state index in [4.69, 9.17) is 9.26 Å². The quantitative estimate of drug-likeness (QED) is 0.583. The number of nitrogens with zero attached hydrogens (tertiary/aromatic N) is 1. The van der Waals surface area contributed by atoms with E-state index in [1.165, 1.54) is 44.2 Å². The zero-order chi connectivity index (χ0) is 20.1. The van der Waals surface area contributed by atoms with Crippen LogP contribution in [-0.4, -0.2) is 36.1 Å². The van der Waals surface area contributed by atoms with Crippen molar-refractivity contribution in [3.63, 3.8) is 0 Å². The Kier molecular flexibility index (Phi) is 6.42. The fraction of sp³-hybridized carbons (Fsp3) is 0.435. The first-order chi connectivity index (χ1) is 14.2. The van der Waals surface area contributed by atoms with Crippen LogP contribution in [0.2, 0.25) is 0 Å². The van der Waals surface area contributed by atoms with Crippen molar-refractivity contribution in [3.8, 4) is 17.0 Å². The third-order valence-electron chi connectivity index (χ3n) is 5.54. The Morgan fingerprint density at radius 3 is 2.72 bits per heavy atom. The van der Waals surface area contributed by atoms with Crippen molar-refractivity contribution >= 4 is 11.0 Å². The van der Waals surface area contributed by atoms with Gasteiger partial charge in [-0.05, 0) is 61.7 Å². The van der Waals surface area contributed by atoms with Crippen molar-refractivity contribution in [2.75, 3.05) is 19.7 Å². The van der Waals surface area contributed by atoms with Crippen molar-refractivity contribution in [1.29, 1.82) is 0 Å². The summed E-state index contributed by atoms with van der Waals surface area (Å²) in [6, 6.07) is 11.8. The van der Waals surface area contributed by atoms with E-state index in [9.17, 15) is 9.50 Å². The van der Waals surface area contributed by atoms with Crippen LogP contribution in [-0.2, 0) is 0 Å². The zero-order valence-corrected chi connectivity index (χ0v) is 16.4. The predicted octanol–water partition coefficient (Wildman–Crippen LogP) is 4.54. The number of ether oxygens (including phenoxy) is 1. The second-order valence-electron chi connectivity index (χ2n) is 7.82. The minimum Gasteiger partial charge on any atom is -0.491 e. The maximum atomic E-state index is 13.3. The summed E-state index contributed by atoms with van der Waals surface area (Å²) in [6.07, 6.45) is 6.05. The van der Waals surface area contributed by atoms with Gasteiger partial charge in [0.2, 0.25) is 0 Å². The predicted molar refractivity (Wildman–Crippen MR) is 110 cm³/mol. The van der Waals surface area contributed by atoms with E-state index in [0.29, 0.717) is 23.6 Å². The maximum Gasteiger partial charge on any atom is 0.170 e. The highest BCUT2D eigenvalue weighted by Gasteiger charge is 2.14. The molecule has 0 bridgehead atoms. The number of fused-ring (bicyclic) bond motifs is 1. The van der Waals surface area contributed by atoms with Crippen molar-refractivity contribution in [3.05, 3.63) is 48.3 Å². The molecule has 0 radical (unpaired) electrons. The number of benzene rings is 2. The van der Waals surface area contributed by atoms with Crippen LogP contribution in [0.25, 0.3) is 22.2 Å². The van der Waals surface area contributed by atoms with Gasteiger partial charge in [0.15, 0.2) is 5.58 Å². The molecule has 2 N–H and O–H groups in total. The number of aliphatic hydroxyl groups is 1. The minimum atomic E-state index is -0.548. The lowest BCUT2D eigenvalue weighted by Crippen LogP contribution is -2.34. The number of hydrogen-bond acceptors (Lipinski definition) is 5. The van der Waals surface area contributed by atoms with Gasteiger partial charge in [-0.15, -0.1) is 0 Å². The summed E-state index contributed by atoms with van der Waals surface area (Å²) in [4.78, 5) is 0. The molecule has 0 unspecified atom stereocenters. The second kappa shape index (κ2) is 9.37. The Morgan fingerprint density at radius 2 is 1.93 bits per heavy atom. The molecule has 0 spiro atoms. The average Bonchev–Trinajstić information content (AvgIpc) is 3.16. The van der Waals surface area contributed by atoms with Crippen molar-refractivity contribution in [1.82, 2.24) is 10.5 Å². The largest absolute Gasteiger partial charge is 0.491 e. The highest BCUT2D eigenvalue weighted by molar-refractivity contribution is 5.91. The Hall–Kier alpha value is -2.44. The topological polar surface area (TPSA) is 67.5 Å². The van der Waals surface area contributed by atoms with E-state index in [2.05, 4.69) is 10.5 Å².